The molecule has 0 aromatic heterocycles. The molecule has 0 saturated carbocycles. The first kappa shape index (κ1) is 18.2. The van der Waals surface area contributed by atoms with E-state index in [0.717, 1.165) is 17.0 Å². The summed E-state index contributed by atoms with van der Waals surface area (Å²) in [6.07, 6.45) is 0.464. The number of amides is 5. The van der Waals surface area contributed by atoms with E-state index in [1.54, 1.807) is 6.92 Å². The summed E-state index contributed by atoms with van der Waals surface area (Å²) in [5.74, 6) is -4.25. The number of anilines is 1. The van der Waals surface area contributed by atoms with E-state index in [-0.39, 0.29) is 17.8 Å². The Balaban J connectivity index is 2.17. The van der Waals surface area contributed by atoms with Crippen LogP contribution in [0, 0.1) is 5.82 Å². The normalized spacial score (nSPS) is 14.3. The van der Waals surface area contributed by atoms with E-state index in [1.807, 2.05) is 0 Å². The van der Waals surface area contributed by atoms with Gasteiger partial charge in [0.05, 0.1) is 12.1 Å². The van der Waals surface area contributed by atoms with Crippen molar-refractivity contribution >= 4 is 35.2 Å². The van der Waals surface area contributed by atoms with Crippen LogP contribution in [0.15, 0.2) is 18.2 Å². The smallest absolute Gasteiger partial charge is 0.326 e. The molecule has 1 heterocycles. The monoisotopic (exact) mass is 349 g/mol. The summed E-state index contributed by atoms with van der Waals surface area (Å²) >= 11 is 0. The lowest BCUT2D eigenvalue weighted by atomic mass is 10.1. The summed E-state index contributed by atoms with van der Waals surface area (Å²) in [6.45, 7) is 2.30. The van der Waals surface area contributed by atoms with Crippen molar-refractivity contribution < 1.29 is 28.4 Å². The highest BCUT2D eigenvalue weighted by Crippen LogP contribution is 2.18. The Morgan fingerprint density at radius 3 is 2.32 bits per heavy atom. The second-order valence-corrected chi connectivity index (χ2v) is 5.43. The molecule has 132 valence electrons. The van der Waals surface area contributed by atoms with Crippen LogP contribution in [0.5, 0.6) is 0 Å². The van der Waals surface area contributed by atoms with E-state index in [1.165, 1.54) is 13.0 Å². The fourth-order valence-corrected chi connectivity index (χ4v) is 2.36. The fourth-order valence-electron chi connectivity index (χ4n) is 2.36. The average molecular weight is 349 g/mol. The molecule has 0 radical (unpaired) electrons. The van der Waals surface area contributed by atoms with Crippen molar-refractivity contribution in [2.24, 2.45) is 0 Å². The van der Waals surface area contributed by atoms with Gasteiger partial charge in [-0.15, -0.1) is 0 Å². The topological polar surface area (TPSA) is 104 Å². The molecular weight excluding hydrogens is 333 g/mol. The maximum atomic E-state index is 14.1. The third-order valence-corrected chi connectivity index (χ3v) is 3.47. The van der Waals surface area contributed by atoms with E-state index in [4.69, 9.17) is 0 Å². The Labute approximate surface area is 142 Å². The molecular formula is C16H16FN3O5. The number of urea groups is 1. The molecule has 8 nitrogen and oxygen atoms in total. The van der Waals surface area contributed by atoms with Crippen LogP contribution in [0.4, 0.5) is 14.9 Å². The molecule has 1 saturated heterocycles. The van der Waals surface area contributed by atoms with E-state index >= 15 is 0 Å². The average Bonchev–Trinajstić information content (AvgIpc) is 2.72. The second-order valence-electron chi connectivity index (χ2n) is 5.43. The number of carbonyl (C=O) groups is 5. The minimum absolute atomic E-state index is 0.0634. The highest BCUT2D eigenvalue weighted by molar-refractivity contribution is 6.45. The third kappa shape index (κ3) is 3.70. The van der Waals surface area contributed by atoms with Crippen LogP contribution < -0.4 is 5.32 Å². The molecule has 9 heteroatoms. The summed E-state index contributed by atoms with van der Waals surface area (Å²) in [5.41, 5.74) is -0.185. The van der Waals surface area contributed by atoms with Gasteiger partial charge in [-0.05, 0) is 24.6 Å². The number of nitrogens with zero attached hydrogens (tertiary/aromatic N) is 2. The molecule has 1 aliphatic heterocycles. The molecule has 0 bridgehead atoms. The Hall–Kier alpha value is -3.10. The van der Waals surface area contributed by atoms with Gasteiger partial charge in [-0.3, -0.25) is 24.1 Å². The lowest BCUT2D eigenvalue weighted by Crippen LogP contribution is -2.37. The Morgan fingerprint density at radius 2 is 1.76 bits per heavy atom. The van der Waals surface area contributed by atoms with Gasteiger partial charge in [0, 0.05) is 19.2 Å². The number of rotatable bonds is 6. The zero-order chi connectivity index (χ0) is 18.7. The Morgan fingerprint density at radius 1 is 1.12 bits per heavy atom. The van der Waals surface area contributed by atoms with Crippen molar-refractivity contribution in [3.8, 4) is 0 Å². The molecule has 1 aromatic carbocycles. The third-order valence-electron chi connectivity index (χ3n) is 3.47. The van der Waals surface area contributed by atoms with Gasteiger partial charge in [0.25, 0.3) is 0 Å². The summed E-state index contributed by atoms with van der Waals surface area (Å²) in [7, 11) is 0. The number of hydrogen-bond acceptors (Lipinski definition) is 5. The molecule has 25 heavy (non-hydrogen) atoms. The second kappa shape index (κ2) is 7.20. The summed E-state index contributed by atoms with van der Waals surface area (Å²) < 4.78 is 14.1. The predicted molar refractivity (Wildman–Crippen MR) is 84.1 cm³/mol. The molecule has 1 fully saturated rings. The van der Waals surface area contributed by atoms with Gasteiger partial charge in [-0.1, -0.05) is 6.92 Å². The first-order valence-electron chi connectivity index (χ1n) is 7.54. The van der Waals surface area contributed by atoms with Crippen LogP contribution in [-0.2, 0) is 14.4 Å². The molecule has 1 aromatic rings. The minimum atomic E-state index is -1.11. The maximum absolute atomic E-state index is 14.1. The van der Waals surface area contributed by atoms with Gasteiger partial charge < -0.3 is 5.32 Å². The van der Waals surface area contributed by atoms with Crippen molar-refractivity contribution in [1.82, 2.24) is 9.80 Å². The van der Waals surface area contributed by atoms with Crippen LogP contribution in [0.2, 0.25) is 0 Å². The van der Waals surface area contributed by atoms with E-state index in [2.05, 4.69) is 5.32 Å². The van der Waals surface area contributed by atoms with Gasteiger partial charge in [0.1, 0.15) is 5.82 Å². The SMILES string of the molecule is CCCN1C(=O)C(=O)N(CC(=O)c2ccc(NC(C)=O)cc2F)C1=O. The first-order chi connectivity index (χ1) is 11.8. The number of carbonyl (C=O) groups excluding carboxylic acids is 5. The zero-order valence-electron chi connectivity index (χ0n) is 13.7. The Bertz CT molecular complexity index is 777. The highest BCUT2D eigenvalue weighted by Gasteiger charge is 2.44. The van der Waals surface area contributed by atoms with Gasteiger partial charge in [-0.2, -0.15) is 0 Å². The van der Waals surface area contributed by atoms with Gasteiger partial charge in [0.15, 0.2) is 5.78 Å². The number of Topliss-reactive ketones (excluding diaryl/α,β-unsaturated/α-hetero) is 1. The molecule has 5 amide bonds. The number of benzene rings is 1. The van der Waals surface area contributed by atoms with Gasteiger partial charge in [-0.25, -0.2) is 14.1 Å². The fraction of sp³-hybridized carbons (Fsp3) is 0.312. The van der Waals surface area contributed by atoms with Gasteiger partial charge in [0.2, 0.25) is 5.91 Å². The number of hydrogen-bond donors (Lipinski definition) is 1. The van der Waals surface area contributed by atoms with E-state index in [0.29, 0.717) is 11.3 Å². The number of nitrogens with one attached hydrogen (secondary N) is 1. The van der Waals surface area contributed by atoms with Crippen molar-refractivity contribution in [3.63, 3.8) is 0 Å². The molecule has 1 aliphatic rings. The first-order valence-corrected chi connectivity index (χ1v) is 7.54. The molecule has 0 aliphatic carbocycles. The minimum Gasteiger partial charge on any atom is -0.326 e. The molecule has 0 unspecified atom stereocenters. The molecule has 0 atom stereocenters. The van der Waals surface area contributed by atoms with Crippen molar-refractivity contribution in [1.29, 1.82) is 0 Å². The molecule has 0 spiro atoms. The van der Waals surface area contributed by atoms with Crippen LogP contribution in [0.25, 0.3) is 0 Å². The lowest BCUT2D eigenvalue weighted by Gasteiger charge is -2.14. The summed E-state index contributed by atoms with van der Waals surface area (Å²) in [6, 6.07) is 2.52. The number of ketones is 1. The van der Waals surface area contributed by atoms with Crippen LogP contribution in [0.3, 0.4) is 0 Å². The lowest BCUT2D eigenvalue weighted by molar-refractivity contribution is -0.143. The van der Waals surface area contributed by atoms with Crippen molar-refractivity contribution in [2.45, 2.75) is 20.3 Å². The summed E-state index contributed by atoms with van der Waals surface area (Å²) in [4.78, 5) is 60.1. The van der Waals surface area contributed by atoms with E-state index < -0.39 is 41.9 Å². The molecule has 2 rings (SSSR count). The van der Waals surface area contributed by atoms with Gasteiger partial charge >= 0.3 is 17.8 Å². The van der Waals surface area contributed by atoms with Crippen LogP contribution in [0.1, 0.15) is 30.6 Å². The maximum Gasteiger partial charge on any atom is 0.334 e. The highest BCUT2D eigenvalue weighted by atomic mass is 19.1. The number of halogens is 1. The standard InChI is InChI=1S/C16H16FN3O5/c1-3-6-19-14(23)15(24)20(16(19)25)8-13(22)11-5-4-10(7-12(11)17)18-9(2)21/h4-5,7H,3,6,8H2,1-2H3,(H,18,21). The van der Waals surface area contributed by atoms with Crippen molar-refractivity contribution in [2.75, 3.05) is 18.4 Å². The summed E-state index contributed by atoms with van der Waals surface area (Å²) in [5, 5.41) is 2.36. The van der Waals surface area contributed by atoms with Crippen molar-refractivity contribution in [3.05, 3.63) is 29.6 Å². The van der Waals surface area contributed by atoms with Crippen LogP contribution in [-0.4, -0.2) is 52.4 Å². The predicted octanol–water partition coefficient (Wildman–Crippen LogP) is 1.17. The van der Waals surface area contributed by atoms with E-state index in [9.17, 15) is 28.4 Å². The molecule has 1 N–H and O–H groups in total. The largest absolute Gasteiger partial charge is 0.334 e. The quantitative estimate of drug-likeness (QED) is 0.472. The van der Waals surface area contributed by atoms with Crippen LogP contribution >= 0.6 is 0 Å². The Kier molecular flexibility index (Phi) is 5.26. The zero-order valence-corrected chi connectivity index (χ0v) is 13.7. The number of imide groups is 2.